The molecule has 1 fully saturated rings. The summed E-state index contributed by atoms with van der Waals surface area (Å²) < 4.78 is 10.5. The van der Waals surface area contributed by atoms with Crippen molar-refractivity contribution in [3.8, 4) is 22.1 Å². The van der Waals surface area contributed by atoms with Crippen LogP contribution in [0.1, 0.15) is 30.1 Å². The highest BCUT2D eigenvalue weighted by Gasteiger charge is 2.24. The lowest BCUT2D eigenvalue weighted by Crippen LogP contribution is -2.37. The van der Waals surface area contributed by atoms with E-state index < -0.39 is 0 Å². The second-order valence-electron chi connectivity index (χ2n) is 7.89. The van der Waals surface area contributed by atoms with E-state index in [1.165, 1.54) is 18.4 Å². The van der Waals surface area contributed by atoms with Gasteiger partial charge in [0.25, 0.3) is 0 Å². The minimum atomic E-state index is -0.00529. The lowest BCUT2D eigenvalue weighted by Gasteiger charge is -2.28. The van der Waals surface area contributed by atoms with E-state index in [0.717, 1.165) is 40.9 Å². The number of likely N-dealkylation sites (tertiary alicyclic amines) is 1. The molecule has 6 nitrogen and oxygen atoms in total. The van der Waals surface area contributed by atoms with Crippen molar-refractivity contribution >= 4 is 17.2 Å². The molecule has 0 radical (unpaired) electrons. The molecule has 2 heterocycles. The Balaban J connectivity index is 1.37. The largest absolute Gasteiger partial charge is 0.497 e. The maximum Gasteiger partial charge on any atom is 0.226 e. The molecule has 1 aliphatic heterocycles. The molecule has 0 aliphatic carbocycles. The van der Waals surface area contributed by atoms with Gasteiger partial charge in [0.05, 0.1) is 32.4 Å². The van der Waals surface area contributed by atoms with Crippen LogP contribution in [0.2, 0.25) is 0 Å². The summed E-state index contributed by atoms with van der Waals surface area (Å²) in [6, 6.07) is 16.1. The Morgan fingerprint density at radius 2 is 1.66 bits per heavy atom. The molecule has 1 saturated heterocycles. The summed E-state index contributed by atoms with van der Waals surface area (Å²) in [5.41, 5.74) is 3.01. The average molecular weight is 452 g/mol. The number of methoxy groups -OCH3 is 2. The van der Waals surface area contributed by atoms with Crippen molar-refractivity contribution in [3.63, 3.8) is 0 Å². The summed E-state index contributed by atoms with van der Waals surface area (Å²) in [5.74, 6) is 1.65. The molecule has 1 amide bonds. The number of thiazole rings is 1. The number of hydrogen-bond donors (Lipinski definition) is 1. The van der Waals surface area contributed by atoms with Crippen molar-refractivity contribution in [1.29, 1.82) is 0 Å². The van der Waals surface area contributed by atoms with E-state index in [2.05, 4.69) is 27.3 Å². The second kappa shape index (κ2) is 10.6. The van der Waals surface area contributed by atoms with Gasteiger partial charge < -0.3 is 14.8 Å². The van der Waals surface area contributed by atoms with Gasteiger partial charge in [0.15, 0.2) is 0 Å². The van der Waals surface area contributed by atoms with Gasteiger partial charge in [-0.25, -0.2) is 4.98 Å². The van der Waals surface area contributed by atoms with Gasteiger partial charge in [-0.1, -0.05) is 12.1 Å². The predicted octanol–water partition coefficient (Wildman–Crippen LogP) is 4.32. The average Bonchev–Trinajstić information content (AvgIpc) is 3.52. The summed E-state index contributed by atoms with van der Waals surface area (Å²) in [4.78, 5) is 19.8. The fourth-order valence-electron chi connectivity index (χ4n) is 4.03. The molecule has 0 saturated carbocycles. The third-order valence-electron chi connectivity index (χ3n) is 5.80. The monoisotopic (exact) mass is 451 g/mol. The van der Waals surface area contributed by atoms with Crippen LogP contribution >= 0.6 is 11.3 Å². The second-order valence-corrected chi connectivity index (χ2v) is 8.74. The van der Waals surface area contributed by atoms with Crippen molar-refractivity contribution in [2.24, 2.45) is 0 Å². The van der Waals surface area contributed by atoms with E-state index in [4.69, 9.17) is 9.47 Å². The summed E-state index contributed by atoms with van der Waals surface area (Å²) >= 11 is 1.55. The molecule has 168 valence electrons. The Labute approximate surface area is 193 Å². The van der Waals surface area contributed by atoms with Gasteiger partial charge in [-0.3, -0.25) is 9.69 Å². The number of carbonyl (C=O) groups is 1. The zero-order valence-electron chi connectivity index (χ0n) is 18.5. The van der Waals surface area contributed by atoms with Gasteiger partial charge in [0.2, 0.25) is 5.91 Å². The Kier molecular flexibility index (Phi) is 7.39. The van der Waals surface area contributed by atoms with E-state index in [0.29, 0.717) is 6.54 Å². The van der Waals surface area contributed by atoms with Gasteiger partial charge in [-0.15, -0.1) is 11.3 Å². The predicted molar refractivity (Wildman–Crippen MR) is 127 cm³/mol. The first-order valence-electron chi connectivity index (χ1n) is 10.9. The molecule has 2 aromatic carbocycles. The number of aromatic nitrogens is 1. The fourth-order valence-corrected chi connectivity index (χ4v) is 4.85. The van der Waals surface area contributed by atoms with E-state index in [9.17, 15) is 4.79 Å². The molecule has 0 spiro atoms. The zero-order valence-corrected chi connectivity index (χ0v) is 19.4. The molecule has 1 aliphatic rings. The van der Waals surface area contributed by atoms with Crippen molar-refractivity contribution < 1.29 is 14.3 Å². The van der Waals surface area contributed by atoms with E-state index >= 15 is 0 Å². The Bertz CT molecular complexity index is 1010. The highest BCUT2D eigenvalue weighted by atomic mass is 32.1. The first-order chi connectivity index (χ1) is 15.7. The standard InChI is InChI=1S/C25H29N3O3S/c1-30-21-9-5-18(6-10-21)23(28-13-3-4-14-28)16-26-24(29)15-20-17-32-25(27-20)19-7-11-22(31-2)12-8-19/h5-12,17,23H,3-4,13-16H2,1-2H3,(H,26,29). The maximum absolute atomic E-state index is 12.7. The minimum Gasteiger partial charge on any atom is -0.497 e. The molecular formula is C25H29N3O3S. The molecule has 3 aromatic rings. The summed E-state index contributed by atoms with van der Waals surface area (Å²) in [5, 5.41) is 6.00. The van der Waals surface area contributed by atoms with Gasteiger partial charge in [-0.2, -0.15) is 0 Å². The maximum atomic E-state index is 12.7. The van der Waals surface area contributed by atoms with Crippen molar-refractivity contribution in [1.82, 2.24) is 15.2 Å². The summed E-state index contributed by atoms with van der Waals surface area (Å²) in [7, 11) is 3.32. The first kappa shape index (κ1) is 22.3. The van der Waals surface area contributed by atoms with E-state index in [1.54, 1.807) is 25.6 Å². The smallest absolute Gasteiger partial charge is 0.226 e. The van der Waals surface area contributed by atoms with Gasteiger partial charge in [0.1, 0.15) is 16.5 Å². The number of nitrogens with zero attached hydrogens (tertiary/aromatic N) is 2. The topological polar surface area (TPSA) is 63.7 Å². The van der Waals surface area contributed by atoms with Gasteiger partial charge in [-0.05, 0) is 67.9 Å². The van der Waals surface area contributed by atoms with Crippen molar-refractivity contribution in [2.45, 2.75) is 25.3 Å². The number of nitrogens with one attached hydrogen (secondary N) is 1. The number of rotatable bonds is 9. The fraction of sp³-hybridized carbons (Fsp3) is 0.360. The number of carbonyl (C=O) groups excluding carboxylic acids is 1. The van der Waals surface area contributed by atoms with Crippen LogP contribution in [0.15, 0.2) is 53.9 Å². The van der Waals surface area contributed by atoms with E-state index in [1.807, 2.05) is 41.8 Å². The van der Waals surface area contributed by atoms with Crippen molar-refractivity contribution in [2.75, 3.05) is 33.9 Å². The van der Waals surface area contributed by atoms with Crippen LogP contribution in [0, 0.1) is 0 Å². The van der Waals surface area contributed by atoms with Crippen LogP contribution in [0.5, 0.6) is 11.5 Å². The highest BCUT2D eigenvalue weighted by Crippen LogP contribution is 2.27. The molecule has 1 unspecified atom stereocenters. The lowest BCUT2D eigenvalue weighted by molar-refractivity contribution is -0.120. The van der Waals surface area contributed by atoms with Crippen LogP contribution in [0.4, 0.5) is 0 Å². The number of benzene rings is 2. The summed E-state index contributed by atoms with van der Waals surface area (Å²) in [6.07, 6.45) is 2.68. The number of hydrogen-bond acceptors (Lipinski definition) is 6. The third kappa shape index (κ3) is 5.47. The summed E-state index contributed by atoms with van der Waals surface area (Å²) in [6.45, 7) is 2.70. The molecule has 1 atom stereocenters. The zero-order chi connectivity index (χ0) is 22.3. The van der Waals surface area contributed by atoms with Gasteiger partial charge in [0, 0.05) is 17.5 Å². The van der Waals surface area contributed by atoms with Crippen LogP contribution in [-0.2, 0) is 11.2 Å². The number of amides is 1. The highest BCUT2D eigenvalue weighted by molar-refractivity contribution is 7.13. The van der Waals surface area contributed by atoms with Crippen LogP contribution in [-0.4, -0.2) is 49.6 Å². The van der Waals surface area contributed by atoms with Crippen LogP contribution < -0.4 is 14.8 Å². The van der Waals surface area contributed by atoms with Crippen LogP contribution in [0.25, 0.3) is 10.6 Å². The minimum absolute atomic E-state index is 0.00529. The van der Waals surface area contributed by atoms with Gasteiger partial charge >= 0.3 is 0 Å². The SMILES string of the molecule is COc1ccc(-c2nc(CC(=O)NCC(c3ccc(OC)cc3)N3CCCC3)cs2)cc1. The Hall–Kier alpha value is -2.90. The third-order valence-corrected chi connectivity index (χ3v) is 6.75. The quantitative estimate of drug-likeness (QED) is 0.525. The first-order valence-corrected chi connectivity index (χ1v) is 11.8. The Morgan fingerprint density at radius 1 is 1.03 bits per heavy atom. The molecule has 1 N–H and O–H groups in total. The molecule has 4 rings (SSSR count). The molecule has 1 aromatic heterocycles. The van der Waals surface area contributed by atoms with Crippen molar-refractivity contribution in [3.05, 3.63) is 65.2 Å². The molecule has 32 heavy (non-hydrogen) atoms. The van der Waals surface area contributed by atoms with Crippen LogP contribution in [0.3, 0.4) is 0 Å². The normalized spacial score (nSPS) is 14.8. The number of ether oxygens (including phenoxy) is 2. The molecule has 0 bridgehead atoms. The molecule has 7 heteroatoms. The molecular weight excluding hydrogens is 422 g/mol. The van der Waals surface area contributed by atoms with E-state index in [-0.39, 0.29) is 18.4 Å². The lowest BCUT2D eigenvalue weighted by atomic mass is 10.1. The Morgan fingerprint density at radius 3 is 2.28 bits per heavy atom.